The molecule has 2 aliphatic heterocycles. The van der Waals surface area contributed by atoms with Crippen LogP contribution in [0.3, 0.4) is 0 Å². The molecular formula is C14H18N2O4S. The number of ether oxygens (including phenoxy) is 1. The standard InChI is InChI=1S/C14H18N2O4S/c1-3-8-6-10(21-12(7-8)20-2)14(19)15-9-4-5-11(17)16-13(9)18/h6-9H,3-5H2,1-2H3,(H,15,19)(H,16,17,18). The van der Waals surface area contributed by atoms with E-state index in [1.54, 1.807) is 7.11 Å². The first-order valence-electron chi connectivity index (χ1n) is 6.83. The fraction of sp³-hybridized carbons (Fsp3) is 0.500. The molecule has 2 aliphatic rings. The maximum atomic E-state index is 12.3. The number of hydrogen-bond acceptors (Lipinski definition) is 5. The van der Waals surface area contributed by atoms with Crippen LogP contribution in [0.5, 0.6) is 0 Å². The third-order valence-corrected chi connectivity index (χ3v) is 4.41. The highest BCUT2D eigenvalue weighted by molar-refractivity contribution is 8.07. The Morgan fingerprint density at radius 3 is 2.86 bits per heavy atom. The van der Waals surface area contributed by atoms with Crippen molar-refractivity contribution in [3.63, 3.8) is 0 Å². The molecular weight excluding hydrogens is 292 g/mol. The van der Waals surface area contributed by atoms with Crippen LogP contribution in [0.4, 0.5) is 0 Å². The summed E-state index contributed by atoms with van der Waals surface area (Å²) in [5.41, 5.74) is 0. The van der Waals surface area contributed by atoms with Crippen LogP contribution in [0.15, 0.2) is 22.1 Å². The van der Waals surface area contributed by atoms with Crippen molar-refractivity contribution in [1.29, 1.82) is 0 Å². The molecule has 0 spiro atoms. The van der Waals surface area contributed by atoms with Crippen LogP contribution in [0.25, 0.3) is 0 Å². The second-order valence-corrected chi connectivity index (χ2v) is 5.92. The molecule has 2 N–H and O–H groups in total. The summed E-state index contributed by atoms with van der Waals surface area (Å²) in [5, 5.41) is 5.57. The monoisotopic (exact) mass is 310 g/mol. The summed E-state index contributed by atoms with van der Waals surface area (Å²) in [6.07, 6.45) is 5.27. The van der Waals surface area contributed by atoms with E-state index in [0.717, 1.165) is 6.42 Å². The number of nitrogens with one attached hydrogen (secondary N) is 2. The summed E-state index contributed by atoms with van der Waals surface area (Å²) in [6.45, 7) is 2.02. The number of imide groups is 1. The molecule has 1 saturated heterocycles. The lowest BCUT2D eigenvalue weighted by Gasteiger charge is -2.23. The zero-order chi connectivity index (χ0) is 15.4. The highest BCUT2D eigenvalue weighted by atomic mass is 32.2. The van der Waals surface area contributed by atoms with Gasteiger partial charge >= 0.3 is 0 Å². The largest absolute Gasteiger partial charge is 0.490 e. The molecule has 6 nitrogen and oxygen atoms in total. The first kappa shape index (κ1) is 15.6. The molecule has 0 aromatic heterocycles. The Labute approximate surface area is 127 Å². The molecule has 2 rings (SSSR count). The lowest BCUT2D eigenvalue weighted by molar-refractivity contribution is -0.136. The molecule has 0 saturated carbocycles. The molecule has 0 aromatic rings. The van der Waals surface area contributed by atoms with E-state index in [1.165, 1.54) is 11.8 Å². The fourth-order valence-corrected chi connectivity index (χ4v) is 3.06. The summed E-state index contributed by atoms with van der Waals surface area (Å²) in [4.78, 5) is 35.5. The van der Waals surface area contributed by atoms with Crippen LogP contribution in [0.2, 0.25) is 0 Å². The molecule has 0 radical (unpaired) electrons. The minimum absolute atomic E-state index is 0.142. The lowest BCUT2D eigenvalue weighted by Crippen LogP contribution is -2.52. The number of piperidine rings is 1. The summed E-state index contributed by atoms with van der Waals surface area (Å²) in [5.74, 6) is -0.915. The molecule has 0 aliphatic carbocycles. The van der Waals surface area contributed by atoms with E-state index in [4.69, 9.17) is 4.74 Å². The van der Waals surface area contributed by atoms with Gasteiger partial charge in [-0.1, -0.05) is 13.0 Å². The third-order valence-electron chi connectivity index (χ3n) is 3.37. The van der Waals surface area contributed by atoms with Crippen LogP contribution < -0.4 is 10.6 Å². The van der Waals surface area contributed by atoms with Crippen LogP contribution in [0.1, 0.15) is 26.2 Å². The third kappa shape index (κ3) is 3.87. The SMILES string of the molecule is CCC1C=C(OC)SC(C(=O)NC2CCC(=O)NC2=O)=C1. The first-order chi connectivity index (χ1) is 10.0. The molecule has 114 valence electrons. The smallest absolute Gasteiger partial charge is 0.258 e. The van der Waals surface area contributed by atoms with Gasteiger partial charge in [-0.25, -0.2) is 0 Å². The van der Waals surface area contributed by atoms with Crippen LogP contribution in [-0.2, 0) is 19.1 Å². The molecule has 0 bridgehead atoms. The minimum atomic E-state index is -0.659. The number of carbonyl (C=O) groups is 3. The predicted molar refractivity (Wildman–Crippen MR) is 78.9 cm³/mol. The fourth-order valence-electron chi connectivity index (χ4n) is 2.12. The van der Waals surface area contributed by atoms with Crippen molar-refractivity contribution in [1.82, 2.24) is 10.6 Å². The molecule has 2 unspecified atom stereocenters. The summed E-state index contributed by atoms with van der Waals surface area (Å²) in [6, 6.07) is -0.659. The number of hydrogen-bond donors (Lipinski definition) is 2. The Morgan fingerprint density at radius 2 is 2.24 bits per heavy atom. The molecule has 21 heavy (non-hydrogen) atoms. The van der Waals surface area contributed by atoms with Gasteiger partial charge in [0, 0.05) is 12.3 Å². The summed E-state index contributed by atoms with van der Waals surface area (Å²) in [7, 11) is 1.56. The quantitative estimate of drug-likeness (QED) is 0.758. The van der Waals surface area contributed by atoms with Crippen LogP contribution in [-0.4, -0.2) is 30.9 Å². The van der Waals surface area contributed by atoms with Gasteiger partial charge in [-0.15, -0.1) is 0 Å². The maximum absolute atomic E-state index is 12.3. The normalized spacial score (nSPS) is 25.6. The molecule has 2 atom stereocenters. The van der Waals surface area contributed by atoms with Gasteiger partial charge in [0.25, 0.3) is 5.91 Å². The minimum Gasteiger partial charge on any atom is -0.490 e. The number of carbonyl (C=O) groups excluding carboxylic acids is 3. The highest BCUT2D eigenvalue weighted by Crippen LogP contribution is 2.34. The van der Waals surface area contributed by atoms with Crippen LogP contribution >= 0.6 is 11.8 Å². The molecule has 7 heteroatoms. The average molecular weight is 310 g/mol. The topological polar surface area (TPSA) is 84.5 Å². The predicted octanol–water partition coefficient (Wildman–Crippen LogP) is 1.05. The van der Waals surface area contributed by atoms with Crippen molar-refractivity contribution < 1.29 is 19.1 Å². The molecule has 2 heterocycles. The van der Waals surface area contributed by atoms with Crippen molar-refractivity contribution in [2.24, 2.45) is 5.92 Å². The first-order valence-corrected chi connectivity index (χ1v) is 7.65. The Morgan fingerprint density at radius 1 is 1.48 bits per heavy atom. The van der Waals surface area contributed by atoms with E-state index < -0.39 is 11.9 Å². The van der Waals surface area contributed by atoms with Gasteiger partial charge in [-0.3, -0.25) is 19.7 Å². The van der Waals surface area contributed by atoms with Crippen molar-refractivity contribution in [2.75, 3.05) is 7.11 Å². The zero-order valence-corrected chi connectivity index (χ0v) is 12.8. The van der Waals surface area contributed by atoms with Gasteiger partial charge in [-0.05, 0) is 30.7 Å². The average Bonchev–Trinajstić information content (AvgIpc) is 2.49. The van der Waals surface area contributed by atoms with Gasteiger partial charge in [0.1, 0.15) is 6.04 Å². The van der Waals surface area contributed by atoms with E-state index in [9.17, 15) is 14.4 Å². The Kier molecular flexibility index (Phi) is 5.06. The maximum Gasteiger partial charge on any atom is 0.258 e. The number of amides is 3. The van der Waals surface area contributed by atoms with E-state index in [-0.39, 0.29) is 24.2 Å². The summed E-state index contributed by atoms with van der Waals surface area (Å²) < 4.78 is 5.21. The second kappa shape index (κ2) is 6.80. The van der Waals surface area contributed by atoms with Crippen LogP contribution in [0, 0.1) is 5.92 Å². The van der Waals surface area contributed by atoms with Crippen molar-refractivity contribution in [3.8, 4) is 0 Å². The number of rotatable bonds is 4. The van der Waals surface area contributed by atoms with E-state index in [1.807, 2.05) is 19.1 Å². The Hall–Kier alpha value is -1.76. The molecule has 3 amide bonds. The Balaban J connectivity index is 2.01. The number of allylic oxidation sites excluding steroid dienone is 2. The van der Waals surface area contributed by atoms with E-state index in [2.05, 4.69) is 10.6 Å². The van der Waals surface area contributed by atoms with E-state index in [0.29, 0.717) is 16.4 Å². The Bertz CT molecular complexity index is 527. The molecule has 0 aromatic carbocycles. The van der Waals surface area contributed by atoms with Crippen molar-refractivity contribution in [3.05, 3.63) is 22.1 Å². The number of methoxy groups -OCH3 is 1. The van der Waals surface area contributed by atoms with Gasteiger partial charge < -0.3 is 10.1 Å². The number of thioether (sulfide) groups is 1. The van der Waals surface area contributed by atoms with E-state index >= 15 is 0 Å². The molecule has 1 fully saturated rings. The van der Waals surface area contributed by atoms with Crippen molar-refractivity contribution >= 4 is 29.5 Å². The van der Waals surface area contributed by atoms with Gasteiger partial charge in [0.05, 0.1) is 12.0 Å². The van der Waals surface area contributed by atoms with Crippen molar-refractivity contribution in [2.45, 2.75) is 32.2 Å². The van der Waals surface area contributed by atoms with Gasteiger partial charge in [-0.2, -0.15) is 0 Å². The second-order valence-electron chi connectivity index (χ2n) is 4.87. The zero-order valence-electron chi connectivity index (χ0n) is 12.0. The van der Waals surface area contributed by atoms with Gasteiger partial charge in [0.2, 0.25) is 11.8 Å². The summed E-state index contributed by atoms with van der Waals surface area (Å²) >= 11 is 1.24. The van der Waals surface area contributed by atoms with Gasteiger partial charge in [0.15, 0.2) is 5.09 Å². The highest BCUT2D eigenvalue weighted by Gasteiger charge is 2.29. The lowest BCUT2D eigenvalue weighted by atomic mass is 10.0.